The second-order valence-electron chi connectivity index (χ2n) is 7.85. The van der Waals surface area contributed by atoms with Gasteiger partial charge in [-0.05, 0) is 53.8 Å². The number of amidine groups is 1. The van der Waals surface area contributed by atoms with Gasteiger partial charge >= 0.3 is 0 Å². The molecule has 0 atom stereocenters. The van der Waals surface area contributed by atoms with E-state index in [0.717, 1.165) is 27.9 Å². The zero-order chi connectivity index (χ0) is 22.1. The molecular weight excluding hydrogens is 408 g/mol. The summed E-state index contributed by atoms with van der Waals surface area (Å²) in [5, 5.41) is 11.0. The van der Waals surface area contributed by atoms with Gasteiger partial charge in [0.15, 0.2) is 0 Å². The number of carbonyl (C=O) groups excluding carboxylic acids is 1. The fraction of sp³-hybridized carbons (Fsp3) is 0.154. The lowest BCUT2D eigenvalue weighted by molar-refractivity contribution is -0.113. The van der Waals surface area contributed by atoms with Crippen molar-refractivity contribution in [1.82, 2.24) is 0 Å². The van der Waals surface area contributed by atoms with Crippen LogP contribution in [0, 0.1) is 6.92 Å². The Morgan fingerprint density at radius 1 is 1.03 bits per heavy atom. The van der Waals surface area contributed by atoms with Crippen LogP contribution >= 0.6 is 11.6 Å². The summed E-state index contributed by atoms with van der Waals surface area (Å²) in [5.41, 5.74) is 4.43. The second kappa shape index (κ2) is 8.40. The van der Waals surface area contributed by atoms with E-state index >= 15 is 0 Å². The Morgan fingerprint density at radius 2 is 1.71 bits per heavy atom. The van der Waals surface area contributed by atoms with Gasteiger partial charge < -0.3 is 5.11 Å². The molecule has 3 aromatic carbocycles. The number of aromatic hydroxyl groups is 1. The first-order chi connectivity index (χ1) is 14.9. The molecule has 4 nitrogen and oxygen atoms in total. The zero-order valence-corrected chi connectivity index (χ0v) is 18.4. The number of nitrogens with zero attached hydrogens (tertiary/aromatic N) is 2. The molecule has 0 saturated heterocycles. The summed E-state index contributed by atoms with van der Waals surface area (Å²) in [5.74, 6) is 0.576. The number of phenolic OH excluding ortho intramolecular Hbond substituents is 1. The zero-order valence-electron chi connectivity index (χ0n) is 17.6. The van der Waals surface area contributed by atoms with Crippen molar-refractivity contribution in [2.45, 2.75) is 26.7 Å². The van der Waals surface area contributed by atoms with Gasteiger partial charge in [0.05, 0.1) is 5.69 Å². The molecule has 156 valence electrons. The summed E-state index contributed by atoms with van der Waals surface area (Å²) in [7, 11) is 0. The Bertz CT molecular complexity index is 1210. The lowest BCUT2D eigenvalue weighted by Crippen LogP contribution is -2.28. The summed E-state index contributed by atoms with van der Waals surface area (Å²) >= 11 is 6.37. The summed E-state index contributed by atoms with van der Waals surface area (Å²) < 4.78 is 0. The molecule has 0 unspecified atom stereocenters. The van der Waals surface area contributed by atoms with Crippen LogP contribution in [-0.2, 0) is 4.79 Å². The first-order valence-corrected chi connectivity index (χ1v) is 10.5. The van der Waals surface area contributed by atoms with Crippen molar-refractivity contribution in [2.75, 3.05) is 4.90 Å². The van der Waals surface area contributed by atoms with Crippen molar-refractivity contribution in [3.63, 3.8) is 0 Å². The molecule has 3 aromatic rings. The van der Waals surface area contributed by atoms with Gasteiger partial charge in [0.25, 0.3) is 5.91 Å². The Kier molecular flexibility index (Phi) is 5.66. The Labute approximate surface area is 187 Å². The van der Waals surface area contributed by atoms with Crippen LogP contribution in [0.15, 0.2) is 77.4 Å². The molecule has 1 heterocycles. The van der Waals surface area contributed by atoms with Crippen LogP contribution in [0.25, 0.3) is 6.08 Å². The number of hydrogen-bond acceptors (Lipinski definition) is 3. The van der Waals surface area contributed by atoms with Crippen LogP contribution in [0.3, 0.4) is 0 Å². The highest BCUT2D eigenvalue weighted by Gasteiger charge is 2.33. The first kappa shape index (κ1) is 20.9. The van der Waals surface area contributed by atoms with Gasteiger partial charge in [-0.2, -0.15) is 4.99 Å². The van der Waals surface area contributed by atoms with Crippen LogP contribution in [0.4, 0.5) is 5.69 Å². The van der Waals surface area contributed by atoms with Crippen LogP contribution in [0.5, 0.6) is 5.75 Å². The number of phenols is 1. The van der Waals surface area contributed by atoms with E-state index in [1.165, 1.54) is 0 Å². The van der Waals surface area contributed by atoms with E-state index in [1.807, 2.05) is 80.3 Å². The van der Waals surface area contributed by atoms with Gasteiger partial charge in [0.1, 0.15) is 17.3 Å². The van der Waals surface area contributed by atoms with E-state index < -0.39 is 0 Å². The molecule has 0 fully saturated rings. The van der Waals surface area contributed by atoms with E-state index in [0.29, 0.717) is 16.6 Å². The van der Waals surface area contributed by atoms with Crippen molar-refractivity contribution in [2.24, 2.45) is 4.99 Å². The van der Waals surface area contributed by atoms with E-state index in [-0.39, 0.29) is 17.6 Å². The number of benzene rings is 3. The Hall–Kier alpha value is -3.37. The maximum absolute atomic E-state index is 13.1. The van der Waals surface area contributed by atoms with Gasteiger partial charge in [-0.1, -0.05) is 74.0 Å². The highest BCUT2D eigenvalue weighted by Crippen LogP contribution is 2.38. The number of halogens is 1. The summed E-state index contributed by atoms with van der Waals surface area (Å²) in [6, 6.07) is 20.7. The number of hydrogen-bond donors (Lipinski definition) is 1. The highest BCUT2D eigenvalue weighted by atomic mass is 35.5. The molecule has 0 saturated carbocycles. The summed E-state index contributed by atoms with van der Waals surface area (Å²) in [6.07, 6.45) is 1.77. The fourth-order valence-electron chi connectivity index (χ4n) is 3.70. The molecule has 4 rings (SSSR count). The second-order valence-corrected chi connectivity index (χ2v) is 8.25. The van der Waals surface area contributed by atoms with Crippen LogP contribution in [-0.4, -0.2) is 16.8 Å². The molecule has 1 aliphatic rings. The SMILES string of the molecule is Cc1cc(O)c(C(C)C)cc1N1C(c2ccccc2)=NC(=O)/C1=C/c1ccccc1Cl. The third kappa shape index (κ3) is 3.99. The van der Waals surface area contributed by atoms with Crippen molar-refractivity contribution in [1.29, 1.82) is 0 Å². The third-order valence-electron chi connectivity index (χ3n) is 5.32. The van der Waals surface area contributed by atoms with E-state index in [9.17, 15) is 9.90 Å². The van der Waals surface area contributed by atoms with Crippen LogP contribution in [0.1, 0.15) is 42.0 Å². The number of rotatable bonds is 4. The minimum atomic E-state index is -0.336. The molecular formula is C26H23ClN2O2. The normalized spacial score (nSPS) is 15.1. The predicted molar refractivity (Wildman–Crippen MR) is 127 cm³/mol. The van der Waals surface area contributed by atoms with Crippen molar-refractivity contribution in [3.05, 3.63) is 99.7 Å². The van der Waals surface area contributed by atoms with Gasteiger partial charge in [0, 0.05) is 10.6 Å². The minimum Gasteiger partial charge on any atom is -0.508 e. The van der Waals surface area contributed by atoms with Crippen LogP contribution in [0.2, 0.25) is 5.02 Å². The number of carbonyl (C=O) groups is 1. The third-order valence-corrected chi connectivity index (χ3v) is 5.66. The van der Waals surface area contributed by atoms with Gasteiger partial charge in [-0.15, -0.1) is 0 Å². The number of aliphatic imine (C=N–C) groups is 1. The molecule has 1 N–H and O–H groups in total. The maximum Gasteiger partial charge on any atom is 0.296 e. The average Bonchev–Trinajstić information content (AvgIpc) is 3.06. The van der Waals surface area contributed by atoms with Crippen molar-refractivity contribution < 1.29 is 9.90 Å². The molecule has 0 aromatic heterocycles. The van der Waals surface area contributed by atoms with Crippen molar-refractivity contribution >= 4 is 35.1 Å². The first-order valence-electron chi connectivity index (χ1n) is 10.1. The lowest BCUT2D eigenvalue weighted by atomic mass is 9.98. The van der Waals surface area contributed by atoms with E-state index in [4.69, 9.17) is 11.6 Å². The van der Waals surface area contributed by atoms with E-state index in [1.54, 1.807) is 18.2 Å². The minimum absolute atomic E-state index is 0.116. The molecule has 1 aliphatic heterocycles. The molecule has 0 bridgehead atoms. The summed E-state index contributed by atoms with van der Waals surface area (Å²) in [4.78, 5) is 19.3. The monoisotopic (exact) mass is 430 g/mol. The maximum atomic E-state index is 13.1. The number of amides is 1. The topological polar surface area (TPSA) is 52.9 Å². The van der Waals surface area contributed by atoms with Crippen molar-refractivity contribution in [3.8, 4) is 5.75 Å². The van der Waals surface area contributed by atoms with Gasteiger partial charge in [-0.25, -0.2) is 0 Å². The molecule has 0 radical (unpaired) electrons. The predicted octanol–water partition coefficient (Wildman–Crippen LogP) is 6.31. The quantitative estimate of drug-likeness (QED) is 0.493. The smallest absolute Gasteiger partial charge is 0.296 e. The number of aryl methyl sites for hydroxylation is 1. The van der Waals surface area contributed by atoms with Gasteiger partial charge in [-0.3, -0.25) is 9.69 Å². The van der Waals surface area contributed by atoms with E-state index in [2.05, 4.69) is 4.99 Å². The molecule has 1 amide bonds. The number of anilines is 1. The Balaban J connectivity index is 1.95. The molecule has 5 heteroatoms. The molecule has 0 spiro atoms. The Morgan fingerprint density at radius 3 is 2.39 bits per heavy atom. The van der Waals surface area contributed by atoms with Gasteiger partial charge in [0.2, 0.25) is 0 Å². The molecule has 31 heavy (non-hydrogen) atoms. The van der Waals surface area contributed by atoms with Crippen LogP contribution < -0.4 is 4.90 Å². The summed E-state index contributed by atoms with van der Waals surface area (Å²) in [6.45, 7) is 5.96. The molecule has 0 aliphatic carbocycles. The standard InChI is InChI=1S/C26H23ClN2O2/c1-16(2)20-15-22(17(3)13-24(20)30)29-23(14-19-11-7-8-12-21(19)27)26(31)28-25(29)18-9-5-4-6-10-18/h4-16,30H,1-3H3/b23-14-. The lowest BCUT2D eigenvalue weighted by Gasteiger charge is -2.25. The fourth-order valence-corrected chi connectivity index (χ4v) is 3.89. The largest absolute Gasteiger partial charge is 0.508 e. The average molecular weight is 431 g/mol. The highest BCUT2D eigenvalue weighted by molar-refractivity contribution is 6.33.